The highest BCUT2D eigenvalue weighted by atomic mass is 16.5. The zero-order valence-electron chi connectivity index (χ0n) is 11.4. The van der Waals surface area contributed by atoms with Gasteiger partial charge in [0.05, 0.1) is 18.8 Å². The lowest BCUT2D eigenvalue weighted by Crippen LogP contribution is -2.38. The maximum absolute atomic E-state index is 11.9. The average molecular weight is 267 g/mol. The minimum Gasteiger partial charge on any atom is -0.395 e. The molecule has 1 aromatic heterocycles. The number of amides is 1. The van der Waals surface area contributed by atoms with Crippen LogP contribution in [0.5, 0.6) is 0 Å². The van der Waals surface area contributed by atoms with E-state index in [0.29, 0.717) is 5.88 Å². The number of aliphatic hydroxyl groups excluding tert-OH is 1. The van der Waals surface area contributed by atoms with E-state index in [1.807, 2.05) is 18.7 Å². The first-order valence-electron chi connectivity index (χ1n) is 6.71. The van der Waals surface area contributed by atoms with E-state index in [-0.39, 0.29) is 31.0 Å². The number of likely N-dealkylation sites (tertiary alicyclic amines) is 1. The fourth-order valence-electron chi connectivity index (χ4n) is 2.29. The van der Waals surface area contributed by atoms with Crippen molar-refractivity contribution in [1.29, 1.82) is 0 Å². The quantitative estimate of drug-likeness (QED) is 0.838. The summed E-state index contributed by atoms with van der Waals surface area (Å²) in [6, 6.07) is 1.85. The van der Waals surface area contributed by atoms with Gasteiger partial charge in [0, 0.05) is 12.1 Å². The third-order valence-electron chi connectivity index (χ3n) is 3.44. The SMILES string of the molecule is CC(C)c1cc(NC(=O)CN2CCC[C@H]2CO)on1. The van der Waals surface area contributed by atoms with Crippen molar-refractivity contribution in [3.05, 3.63) is 11.8 Å². The van der Waals surface area contributed by atoms with Gasteiger partial charge < -0.3 is 9.63 Å². The maximum Gasteiger partial charge on any atom is 0.240 e. The van der Waals surface area contributed by atoms with Crippen molar-refractivity contribution in [3.63, 3.8) is 0 Å². The van der Waals surface area contributed by atoms with Gasteiger partial charge in [-0.05, 0) is 25.3 Å². The van der Waals surface area contributed by atoms with E-state index in [4.69, 9.17) is 4.52 Å². The molecule has 0 aliphatic carbocycles. The van der Waals surface area contributed by atoms with Gasteiger partial charge in [0.2, 0.25) is 11.8 Å². The van der Waals surface area contributed by atoms with Gasteiger partial charge >= 0.3 is 0 Å². The normalized spacial score (nSPS) is 20.1. The Bertz CT molecular complexity index is 431. The van der Waals surface area contributed by atoms with Crippen LogP contribution in [0.2, 0.25) is 0 Å². The van der Waals surface area contributed by atoms with Gasteiger partial charge in [0.25, 0.3) is 0 Å². The highest BCUT2D eigenvalue weighted by Gasteiger charge is 2.25. The van der Waals surface area contributed by atoms with Gasteiger partial charge in [-0.2, -0.15) is 0 Å². The first-order chi connectivity index (χ1) is 9.10. The van der Waals surface area contributed by atoms with E-state index < -0.39 is 0 Å². The minimum absolute atomic E-state index is 0.103. The molecule has 2 N–H and O–H groups in total. The van der Waals surface area contributed by atoms with Gasteiger partial charge in [0.1, 0.15) is 0 Å². The molecule has 0 bridgehead atoms. The molecule has 2 rings (SSSR count). The van der Waals surface area contributed by atoms with E-state index in [1.54, 1.807) is 6.07 Å². The van der Waals surface area contributed by atoms with Crippen LogP contribution in [0.15, 0.2) is 10.6 Å². The minimum atomic E-state index is -0.133. The van der Waals surface area contributed by atoms with Gasteiger partial charge in [-0.15, -0.1) is 0 Å². The Morgan fingerprint density at radius 3 is 3.11 bits per heavy atom. The number of aromatic nitrogens is 1. The molecule has 6 nitrogen and oxygen atoms in total. The molecule has 2 heterocycles. The van der Waals surface area contributed by atoms with E-state index in [0.717, 1.165) is 25.1 Å². The summed E-state index contributed by atoms with van der Waals surface area (Å²) >= 11 is 0. The van der Waals surface area contributed by atoms with Gasteiger partial charge in [-0.25, -0.2) is 0 Å². The van der Waals surface area contributed by atoms with Crippen molar-refractivity contribution in [2.45, 2.75) is 38.6 Å². The number of hydrogen-bond acceptors (Lipinski definition) is 5. The smallest absolute Gasteiger partial charge is 0.240 e. The Labute approximate surface area is 112 Å². The maximum atomic E-state index is 11.9. The molecule has 1 aliphatic rings. The van der Waals surface area contributed by atoms with E-state index in [2.05, 4.69) is 10.5 Å². The predicted molar refractivity (Wildman–Crippen MR) is 70.9 cm³/mol. The number of carbonyl (C=O) groups excluding carboxylic acids is 1. The van der Waals surface area contributed by atoms with Crippen molar-refractivity contribution in [2.24, 2.45) is 0 Å². The van der Waals surface area contributed by atoms with Crippen LogP contribution in [0.25, 0.3) is 0 Å². The van der Waals surface area contributed by atoms with Crippen LogP contribution < -0.4 is 5.32 Å². The average Bonchev–Trinajstić information content (AvgIpc) is 2.97. The van der Waals surface area contributed by atoms with Gasteiger partial charge in [-0.3, -0.25) is 15.0 Å². The topological polar surface area (TPSA) is 78.6 Å². The molecule has 6 heteroatoms. The lowest BCUT2D eigenvalue weighted by molar-refractivity contribution is -0.117. The summed E-state index contributed by atoms with van der Waals surface area (Å²) in [4.78, 5) is 13.9. The van der Waals surface area contributed by atoms with E-state index in [9.17, 15) is 9.90 Å². The predicted octanol–water partition coefficient (Wildman–Crippen LogP) is 1.19. The third kappa shape index (κ3) is 3.54. The van der Waals surface area contributed by atoms with Crippen LogP contribution in [-0.2, 0) is 4.79 Å². The largest absolute Gasteiger partial charge is 0.395 e. The van der Waals surface area contributed by atoms with Crippen molar-refractivity contribution < 1.29 is 14.4 Å². The first kappa shape index (κ1) is 14.0. The Kier molecular flexibility index (Phi) is 4.55. The fraction of sp³-hybridized carbons (Fsp3) is 0.692. The number of nitrogens with one attached hydrogen (secondary N) is 1. The molecule has 19 heavy (non-hydrogen) atoms. The van der Waals surface area contributed by atoms with Crippen molar-refractivity contribution in [2.75, 3.05) is 25.0 Å². The molecule has 1 saturated heterocycles. The molecule has 0 saturated carbocycles. The molecular weight excluding hydrogens is 246 g/mol. The summed E-state index contributed by atoms with van der Waals surface area (Å²) in [5.74, 6) is 0.520. The summed E-state index contributed by atoms with van der Waals surface area (Å²) in [7, 11) is 0. The highest BCUT2D eigenvalue weighted by molar-refractivity contribution is 5.91. The molecule has 0 aromatic carbocycles. The van der Waals surface area contributed by atoms with Crippen molar-refractivity contribution in [1.82, 2.24) is 10.1 Å². The zero-order chi connectivity index (χ0) is 13.8. The summed E-state index contributed by atoms with van der Waals surface area (Å²) in [5, 5.41) is 15.8. The lowest BCUT2D eigenvalue weighted by Gasteiger charge is -2.21. The number of carbonyl (C=O) groups is 1. The van der Waals surface area contributed by atoms with Crippen LogP contribution in [0.4, 0.5) is 5.88 Å². The fourth-order valence-corrected chi connectivity index (χ4v) is 2.29. The van der Waals surface area contributed by atoms with Gasteiger partial charge in [0.15, 0.2) is 0 Å². The molecule has 1 aliphatic heterocycles. The number of aliphatic hydroxyl groups is 1. The molecule has 0 unspecified atom stereocenters. The summed E-state index contributed by atoms with van der Waals surface area (Å²) in [6.07, 6.45) is 1.97. The zero-order valence-corrected chi connectivity index (χ0v) is 11.4. The summed E-state index contributed by atoms with van der Waals surface area (Å²) < 4.78 is 5.06. The molecular formula is C13H21N3O3. The number of hydrogen-bond donors (Lipinski definition) is 2. The van der Waals surface area contributed by atoms with Crippen LogP contribution in [-0.4, -0.2) is 46.8 Å². The number of rotatable bonds is 5. The lowest BCUT2D eigenvalue weighted by atomic mass is 10.1. The first-order valence-corrected chi connectivity index (χ1v) is 6.71. The second-order valence-corrected chi connectivity index (χ2v) is 5.27. The van der Waals surface area contributed by atoms with Crippen molar-refractivity contribution >= 4 is 11.8 Å². The molecule has 0 spiro atoms. The van der Waals surface area contributed by atoms with Crippen molar-refractivity contribution in [3.8, 4) is 0 Å². The molecule has 0 radical (unpaired) electrons. The van der Waals surface area contributed by atoms with Gasteiger partial charge in [-0.1, -0.05) is 19.0 Å². The van der Waals surface area contributed by atoms with E-state index in [1.165, 1.54) is 0 Å². The summed E-state index contributed by atoms with van der Waals surface area (Å²) in [6.45, 7) is 5.27. The highest BCUT2D eigenvalue weighted by Crippen LogP contribution is 2.19. The molecule has 106 valence electrons. The Balaban J connectivity index is 1.86. The third-order valence-corrected chi connectivity index (χ3v) is 3.44. The Morgan fingerprint density at radius 1 is 1.68 bits per heavy atom. The van der Waals surface area contributed by atoms with Crippen LogP contribution in [0.3, 0.4) is 0 Å². The molecule has 1 amide bonds. The van der Waals surface area contributed by atoms with E-state index >= 15 is 0 Å². The second-order valence-electron chi connectivity index (χ2n) is 5.27. The monoisotopic (exact) mass is 267 g/mol. The Morgan fingerprint density at radius 2 is 2.47 bits per heavy atom. The van der Waals surface area contributed by atoms with Crippen LogP contribution >= 0.6 is 0 Å². The molecule has 1 fully saturated rings. The molecule has 1 aromatic rings. The van der Waals surface area contributed by atoms with Crippen LogP contribution in [0, 0.1) is 0 Å². The Hall–Kier alpha value is -1.40. The standard InChI is InChI=1S/C13H21N3O3/c1-9(2)11-6-13(19-15-11)14-12(18)7-16-5-3-4-10(16)8-17/h6,9-10,17H,3-5,7-8H2,1-2H3,(H,14,18)/t10-/m0/s1. The van der Waals surface area contributed by atoms with Crippen LogP contribution in [0.1, 0.15) is 38.3 Å². The molecule has 1 atom stereocenters. The summed E-state index contributed by atoms with van der Waals surface area (Å²) in [5.41, 5.74) is 0.824. The number of nitrogens with zero attached hydrogens (tertiary/aromatic N) is 2. The second kappa shape index (κ2) is 6.16. The number of anilines is 1.